The highest BCUT2D eigenvalue weighted by Crippen LogP contribution is 2.35. The van der Waals surface area contributed by atoms with E-state index >= 15 is 0 Å². The Balaban J connectivity index is 1.64. The van der Waals surface area contributed by atoms with E-state index in [2.05, 4.69) is 28.0 Å². The fourth-order valence-electron chi connectivity index (χ4n) is 3.71. The van der Waals surface area contributed by atoms with Gasteiger partial charge in [-0.3, -0.25) is 9.69 Å². The lowest BCUT2D eigenvalue weighted by Gasteiger charge is -2.51. The van der Waals surface area contributed by atoms with Crippen LogP contribution in [0.5, 0.6) is 0 Å². The molecule has 3 heterocycles. The van der Waals surface area contributed by atoms with Crippen LogP contribution in [0.2, 0.25) is 0 Å². The number of nitrogens with zero attached hydrogens (tertiary/aromatic N) is 4. The van der Waals surface area contributed by atoms with Crippen molar-refractivity contribution in [3.63, 3.8) is 0 Å². The van der Waals surface area contributed by atoms with Crippen molar-refractivity contribution in [2.75, 3.05) is 26.2 Å². The number of piperidine rings is 1. The molecule has 1 spiro atoms. The van der Waals surface area contributed by atoms with E-state index in [1.807, 2.05) is 24.3 Å². The highest BCUT2D eigenvalue weighted by Gasteiger charge is 2.47. The van der Waals surface area contributed by atoms with E-state index < -0.39 is 0 Å². The van der Waals surface area contributed by atoms with Gasteiger partial charge in [0.05, 0.1) is 18.2 Å². The monoisotopic (exact) mass is 318 g/mol. The van der Waals surface area contributed by atoms with Gasteiger partial charge in [-0.25, -0.2) is 4.98 Å². The van der Waals surface area contributed by atoms with Crippen molar-refractivity contribution in [3.8, 4) is 0 Å². The summed E-state index contributed by atoms with van der Waals surface area (Å²) in [6.07, 6.45) is 7.50. The van der Waals surface area contributed by atoms with Crippen molar-refractivity contribution in [1.82, 2.24) is 19.4 Å². The normalized spacial score (nSPS) is 25.0. The van der Waals surface area contributed by atoms with Crippen molar-refractivity contribution in [1.29, 1.82) is 0 Å². The molecule has 0 radical (unpaired) electrons. The van der Waals surface area contributed by atoms with Gasteiger partial charge in [0, 0.05) is 39.1 Å². The molecule has 2 saturated heterocycles. The molecule has 0 N–H and O–H groups in total. The lowest BCUT2D eigenvalue weighted by molar-refractivity contribution is -0.185. The molecule has 6 heteroatoms. The Hall–Kier alpha value is -1.66. The van der Waals surface area contributed by atoms with Gasteiger partial charge in [-0.2, -0.15) is 0 Å². The molecule has 2 aliphatic heterocycles. The number of likely N-dealkylation sites (tertiary alicyclic amines) is 1. The smallest absolute Gasteiger partial charge is 0.249 e. The summed E-state index contributed by atoms with van der Waals surface area (Å²) in [5.41, 5.74) is -0.213. The van der Waals surface area contributed by atoms with Crippen LogP contribution in [-0.2, 0) is 23.1 Å². The summed E-state index contributed by atoms with van der Waals surface area (Å²) in [5, 5.41) is 0. The zero-order valence-corrected chi connectivity index (χ0v) is 14.1. The Bertz CT molecular complexity index is 575. The molecule has 1 amide bonds. The summed E-state index contributed by atoms with van der Waals surface area (Å²) in [5.74, 6) is 1.15. The summed E-state index contributed by atoms with van der Waals surface area (Å²) < 4.78 is 8.11. The summed E-state index contributed by atoms with van der Waals surface area (Å²) in [6, 6.07) is 0.0945. The maximum Gasteiger partial charge on any atom is 0.249 e. The molecule has 0 saturated carbocycles. The van der Waals surface area contributed by atoms with Gasteiger partial charge in [0.25, 0.3) is 0 Å². The van der Waals surface area contributed by atoms with Crippen molar-refractivity contribution < 1.29 is 9.53 Å². The molecule has 1 aromatic heterocycles. The van der Waals surface area contributed by atoms with Crippen LogP contribution in [0.15, 0.2) is 25.0 Å². The van der Waals surface area contributed by atoms with Crippen LogP contribution < -0.4 is 0 Å². The van der Waals surface area contributed by atoms with Gasteiger partial charge in [-0.15, -0.1) is 6.58 Å². The highest BCUT2D eigenvalue weighted by atomic mass is 16.5. The maximum atomic E-state index is 12.1. The largest absolute Gasteiger partial charge is 0.363 e. The van der Waals surface area contributed by atoms with Gasteiger partial charge in [-0.1, -0.05) is 6.08 Å². The van der Waals surface area contributed by atoms with Crippen molar-refractivity contribution in [3.05, 3.63) is 30.9 Å². The topological polar surface area (TPSA) is 50.6 Å². The third-order valence-electron chi connectivity index (χ3n) is 5.35. The SMILES string of the molecule is C=CCN1C(=O)COC2(CCN(Cc3nccn3C)CC2)[C@H]1C. The molecule has 126 valence electrons. The number of hydrogen-bond acceptors (Lipinski definition) is 4. The molecule has 0 aliphatic carbocycles. The van der Waals surface area contributed by atoms with Gasteiger partial charge < -0.3 is 14.2 Å². The first-order valence-electron chi connectivity index (χ1n) is 8.28. The second kappa shape index (κ2) is 6.45. The summed E-state index contributed by atoms with van der Waals surface area (Å²) >= 11 is 0. The number of morpholine rings is 1. The minimum atomic E-state index is -0.213. The number of imidazole rings is 1. The van der Waals surface area contributed by atoms with E-state index in [9.17, 15) is 4.79 Å². The minimum absolute atomic E-state index is 0.0680. The lowest BCUT2D eigenvalue weighted by atomic mass is 9.82. The van der Waals surface area contributed by atoms with Crippen LogP contribution in [0.3, 0.4) is 0 Å². The Morgan fingerprint density at radius 2 is 2.22 bits per heavy atom. The van der Waals surface area contributed by atoms with E-state index in [-0.39, 0.29) is 24.2 Å². The predicted octanol–water partition coefficient (Wildman–Crippen LogP) is 1.19. The van der Waals surface area contributed by atoms with E-state index in [0.29, 0.717) is 6.54 Å². The molecule has 2 aliphatic rings. The summed E-state index contributed by atoms with van der Waals surface area (Å²) in [7, 11) is 2.03. The molecule has 1 aromatic rings. The average Bonchev–Trinajstić information content (AvgIpc) is 2.95. The molecule has 0 bridgehead atoms. The van der Waals surface area contributed by atoms with E-state index in [1.165, 1.54) is 0 Å². The zero-order chi connectivity index (χ0) is 16.4. The predicted molar refractivity (Wildman–Crippen MR) is 87.8 cm³/mol. The molecule has 2 fully saturated rings. The van der Waals surface area contributed by atoms with Gasteiger partial charge in [0.15, 0.2) is 0 Å². The maximum absolute atomic E-state index is 12.1. The second-order valence-corrected chi connectivity index (χ2v) is 6.59. The van der Waals surface area contributed by atoms with Gasteiger partial charge in [0.1, 0.15) is 12.4 Å². The number of carbonyl (C=O) groups is 1. The van der Waals surface area contributed by atoms with Gasteiger partial charge in [0.2, 0.25) is 5.91 Å². The number of hydrogen-bond donors (Lipinski definition) is 0. The van der Waals surface area contributed by atoms with Crippen LogP contribution in [0.4, 0.5) is 0 Å². The zero-order valence-electron chi connectivity index (χ0n) is 14.1. The molecule has 3 rings (SSSR count). The van der Waals surface area contributed by atoms with Crippen LogP contribution >= 0.6 is 0 Å². The van der Waals surface area contributed by atoms with E-state index in [0.717, 1.165) is 38.3 Å². The summed E-state index contributed by atoms with van der Waals surface area (Å²) in [4.78, 5) is 20.8. The highest BCUT2D eigenvalue weighted by molar-refractivity contribution is 5.79. The molecule has 0 unspecified atom stereocenters. The standard InChI is InChI=1S/C17H26N4O2/c1-4-8-21-14(2)17(23-13-16(21)22)5-9-20(10-6-17)12-15-18-7-11-19(15)3/h4,7,11,14H,1,5-6,8-10,12-13H2,2-3H3/t14-/m1/s1. The Morgan fingerprint density at radius 3 is 2.83 bits per heavy atom. The van der Waals surface area contributed by atoms with Crippen molar-refractivity contribution >= 4 is 5.91 Å². The Labute approximate surface area is 137 Å². The summed E-state index contributed by atoms with van der Waals surface area (Å²) in [6.45, 7) is 9.46. The molecule has 0 aromatic carbocycles. The number of ether oxygens (including phenoxy) is 1. The van der Waals surface area contributed by atoms with Crippen molar-refractivity contribution in [2.45, 2.75) is 38.0 Å². The van der Waals surface area contributed by atoms with Crippen LogP contribution in [0.25, 0.3) is 0 Å². The second-order valence-electron chi connectivity index (χ2n) is 6.59. The van der Waals surface area contributed by atoms with Crippen LogP contribution in [-0.4, -0.2) is 63.1 Å². The lowest BCUT2D eigenvalue weighted by Crippen LogP contribution is -2.63. The fourth-order valence-corrected chi connectivity index (χ4v) is 3.71. The fraction of sp³-hybridized carbons (Fsp3) is 0.647. The molecule has 6 nitrogen and oxygen atoms in total. The van der Waals surface area contributed by atoms with Crippen LogP contribution in [0, 0.1) is 0 Å². The van der Waals surface area contributed by atoms with Gasteiger partial charge >= 0.3 is 0 Å². The molecule has 1 atom stereocenters. The average molecular weight is 318 g/mol. The first-order valence-corrected chi connectivity index (χ1v) is 8.28. The Kier molecular flexibility index (Phi) is 4.55. The number of carbonyl (C=O) groups excluding carboxylic acids is 1. The molecule has 23 heavy (non-hydrogen) atoms. The molecular weight excluding hydrogens is 292 g/mol. The minimum Gasteiger partial charge on any atom is -0.363 e. The first kappa shape index (κ1) is 16.2. The number of rotatable bonds is 4. The Morgan fingerprint density at radius 1 is 1.48 bits per heavy atom. The number of aromatic nitrogens is 2. The van der Waals surface area contributed by atoms with E-state index in [1.54, 1.807) is 6.08 Å². The number of aryl methyl sites for hydroxylation is 1. The third-order valence-corrected chi connectivity index (χ3v) is 5.35. The van der Waals surface area contributed by atoms with Crippen LogP contribution in [0.1, 0.15) is 25.6 Å². The van der Waals surface area contributed by atoms with Crippen molar-refractivity contribution in [2.24, 2.45) is 7.05 Å². The van der Waals surface area contributed by atoms with Gasteiger partial charge in [-0.05, 0) is 19.8 Å². The quantitative estimate of drug-likeness (QED) is 0.783. The third kappa shape index (κ3) is 3.05. The van der Waals surface area contributed by atoms with E-state index in [4.69, 9.17) is 4.74 Å². The first-order chi connectivity index (χ1) is 11.1. The number of amides is 1. The molecular formula is C17H26N4O2.